The van der Waals surface area contributed by atoms with Gasteiger partial charge in [-0.3, -0.25) is 9.88 Å². The maximum Gasteiger partial charge on any atom is 0.165 e. The Bertz CT molecular complexity index is 1220. The quantitative estimate of drug-likeness (QED) is 0.381. The first-order valence-corrected chi connectivity index (χ1v) is 12.1. The minimum Gasteiger partial charge on any atom is -0.309 e. The fraction of sp³-hybridized carbons (Fsp3) is 0.208. The highest BCUT2D eigenvalue weighted by Gasteiger charge is 2.32. The molecule has 154 valence electrons. The van der Waals surface area contributed by atoms with E-state index in [0.717, 1.165) is 47.1 Å². The lowest BCUT2D eigenvalue weighted by atomic mass is 9.93. The van der Waals surface area contributed by atoms with Crippen LogP contribution in [-0.2, 0) is 18.8 Å². The van der Waals surface area contributed by atoms with Crippen molar-refractivity contribution in [3.8, 4) is 11.4 Å². The van der Waals surface area contributed by atoms with E-state index < -0.39 is 0 Å². The summed E-state index contributed by atoms with van der Waals surface area (Å²) in [7, 11) is 0. The zero-order chi connectivity index (χ0) is 20.8. The van der Waals surface area contributed by atoms with Crippen molar-refractivity contribution in [2.75, 3.05) is 6.54 Å². The molecule has 0 spiro atoms. The summed E-state index contributed by atoms with van der Waals surface area (Å²) >= 11 is 5.45. The van der Waals surface area contributed by atoms with Crippen molar-refractivity contribution in [1.29, 1.82) is 0 Å². The highest BCUT2D eigenvalue weighted by Crippen LogP contribution is 2.43. The number of benzene rings is 2. The number of hydrogen-bond acceptors (Lipinski definition) is 5. The van der Waals surface area contributed by atoms with Gasteiger partial charge in [0.1, 0.15) is 5.82 Å². The molecule has 1 unspecified atom stereocenters. The van der Waals surface area contributed by atoms with Gasteiger partial charge in [-0.1, -0.05) is 42.5 Å². The molecular weight excluding hydrogens is 470 g/mol. The van der Waals surface area contributed by atoms with Crippen molar-refractivity contribution in [3.63, 3.8) is 0 Å². The standard InChI is InChI=1S/C24H20BrN5S/c25-18-11-17(12-26-13-18)24-28-27-22-14-29(9-10-30(22)24)23-19-6-2-1-5-16(19)15-31-21-8-4-3-7-20(21)23/h1-8,11-13,23H,9-10,14-15H2. The first kappa shape index (κ1) is 19.2. The Kier molecular flexibility index (Phi) is 4.89. The van der Waals surface area contributed by atoms with E-state index in [1.165, 1.54) is 21.6 Å². The monoisotopic (exact) mass is 489 g/mol. The molecule has 0 bridgehead atoms. The van der Waals surface area contributed by atoms with Gasteiger partial charge in [-0.15, -0.1) is 22.0 Å². The molecule has 6 rings (SSSR count). The molecule has 2 aliphatic heterocycles. The molecule has 31 heavy (non-hydrogen) atoms. The van der Waals surface area contributed by atoms with Gasteiger partial charge in [0.15, 0.2) is 5.82 Å². The molecule has 2 aromatic carbocycles. The molecule has 7 heteroatoms. The number of fused-ring (bicyclic) bond motifs is 3. The van der Waals surface area contributed by atoms with Crippen LogP contribution in [0.1, 0.15) is 28.6 Å². The van der Waals surface area contributed by atoms with Crippen LogP contribution in [0.15, 0.2) is 76.4 Å². The highest BCUT2D eigenvalue weighted by molar-refractivity contribution is 9.10. The Morgan fingerprint density at radius 3 is 2.68 bits per heavy atom. The summed E-state index contributed by atoms with van der Waals surface area (Å²) in [4.78, 5) is 8.22. The molecule has 0 radical (unpaired) electrons. The van der Waals surface area contributed by atoms with E-state index in [-0.39, 0.29) is 6.04 Å². The largest absolute Gasteiger partial charge is 0.309 e. The normalized spacial score (nSPS) is 18.0. The van der Waals surface area contributed by atoms with Gasteiger partial charge in [0, 0.05) is 46.2 Å². The van der Waals surface area contributed by atoms with E-state index in [2.05, 4.69) is 89.1 Å². The predicted molar refractivity (Wildman–Crippen MR) is 126 cm³/mol. The molecule has 2 aromatic heterocycles. The van der Waals surface area contributed by atoms with Crippen molar-refractivity contribution in [2.45, 2.75) is 29.8 Å². The molecule has 0 N–H and O–H groups in total. The van der Waals surface area contributed by atoms with Crippen LogP contribution < -0.4 is 0 Å². The van der Waals surface area contributed by atoms with Gasteiger partial charge in [0.25, 0.3) is 0 Å². The maximum atomic E-state index is 4.57. The number of hydrogen-bond donors (Lipinski definition) is 0. The van der Waals surface area contributed by atoms with Crippen molar-refractivity contribution >= 4 is 27.7 Å². The van der Waals surface area contributed by atoms with Gasteiger partial charge >= 0.3 is 0 Å². The topological polar surface area (TPSA) is 46.8 Å². The second-order valence-electron chi connectivity index (χ2n) is 7.88. The van der Waals surface area contributed by atoms with E-state index in [0.29, 0.717) is 0 Å². The van der Waals surface area contributed by atoms with Crippen LogP contribution in [0.3, 0.4) is 0 Å². The fourth-order valence-corrected chi connectivity index (χ4v) is 6.09. The molecule has 1 atom stereocenters. The lowest BCUT2D eigenvalue weighted by Gasteiger charge is -2.36. The van der Waals surface area contributed by atoms with Crippen LogP contribution in [0.5, 0.6) is 0 Å². The van der Waals surface area contributed by atoms with Gasteiger partial charge in [-0.25, -0.2) is 0 Å². The first-order chi connectivity index (χ1) is 15.3. The third-order valence-electron chi connectivity index (χ3n) is 6.06. The van der Waals surface area contributed by atoms with Gasteiger partial charge in [-0.05, 0) is 44.8 Å². The van der Waals surface area contributed by atoms with Crippen LogP contribution >= 0.6 is 27.7 Å². The smallest absolute Gasteiger partial charge is 0.165 e. The van der Waals surface area contributed by atoms with Crippen LogP contribution in [0.2, 0.25) is 0 Å². The molecule has 0 saturated heterocycles. The summed E-state index contributed by atoms with van der Waals surface area (Å²) in [5.74, 6) is 2.90. The van der Waals surface area contributed by atoms with Gasteiger partial charge in [0.2, 0.25) is 0 Å². The Labute approximate surface area is 193 Å². The number of halogens is 1. The molecule has 4 aromatic rings. The summed E-state index contributed by atoms with van der Waals surface area (Å²) in [6.45, 7) is 2.57. The highest BCUT2D eigenvalue weighted by atomic mass is 79.9. The van der Waals surface area contributed by atoms with Crippen LogP contribution in [-0.4, -0.2) is 31.2 Å². The minimum absolute atomic E-state index is 0.226. The molecule has 4 heterocycles. The summed E-state index contributed by atoms with van der Waals surface area (Å²) in [5.41, 5.74) is 5.20. The number of aromatic nitrogens is 4. The zero-order valence-electron chi connectivity index (χ0n) is 16.8. The molecule has 0 amide bonds. The molecular formula is C24H20BrN5S. The van der Waals surface area contributed by atoms with Gasteiger partial charge < -0.3 is 4.57 Å². The first-order valence-electron chi connectivity index (χ1n) is 10.3. The van der Waals surface area contributed by atoms with E-state index in [9.17, 15) is 0 Å². The zero-order valence-corrected chi connectivity index (χ0v) is 19.2. The summed E-state index contributed by atoms with van der Waals surface area (Å²) in [6, 6.07) is 20.0. The van der Waals surface area contributed by atoms with Crippen molar-refractivity contribution in [3.05, 3.63) is 94.0 Å². The molecule has 0 aliphatic carbocycles. The Balaban J connectivity index is 1.40. The van der Waals surface area contributed by atoms with Crippen molar-refractivity contribution in [2.24, 2.45) is 0 Å². The average molecular weight is 490 g/mol. The Hall–Kier alpha value is -2.48. The van der Waals surface area contributed by atoms with Gasteiger partial charge in [0.05, 0.1) is 12.6 Å². The van der Waals surface area contributed by atoms with Crippen molar-refractivity contribution in [1.82, 2.24) is 24.6 Å². The second-order valence-corrected chi connectivity index (χ2v) is 9.81. The predicted octanol–water partition coefficient (Wildman–Crippen LogP) is 5.31. The summed E-state index contributed by atoms with van der Waals surface area (Å²) in [5, 5.41) is 9.08. The third kappa shape index (κ3) is 3.41. The molecule has 2 aliphatic rings. The average Bonchev–Trinajstić information content (AvgIpc) is 3.15. The second kappa shape index (κ2) is 7.89. The van der Waals surface area contributed by atoms with Crippen LogP contribution in [0.4, 0.5) is 0 Å². The number of nitrogens with zero attached hydrogens (tertiary/aromatic N) is 5. The molecule has 0 fully saturated rings. The van der Waals surface area contributed by atoms with Crippen LogP contribution in [0, 0.1) is 0 Å². The van der Waals surface area contributed by atoms with Crippen LogP contribution in [0.25, 0.3) is 11.4 Å². The number of pyridine rings is 1. The SMILES string of the molecule is Brc1cncc(-c2nnc3n2CCN(C2c4ccccc4CSc4ccccc42)C3)c1. The maximum absolute atomic E-state index is 4.57. The van der Waals surface area contributed by atoms with E-state index in [4.69, 9.17) is 0 Å². The lowest BCUT2D eigenvalue weighted by molar-refractivity contribution is 0.174. The minimum atomic E-state index is 0.226. The van der Waals surface area contributed by atoms with Crippen molar-refractivity contribution < 1.29 is 0 Å². The summed E-state index contributed by atoms with van der Waals surface area (Å²) in [6.07, 6.45) is 3.64. The van der Waals surface area contributed by atoms with Gasteiger partial charge in [-0.2, -0.15) is 0 Å². The van der Waals surface area contributed by atoms with E-state index in [1.807, 2.05) is 24.0 Å². The van der Waals surface area contributed by atoms with E-state index >= 15 is 0 Å². The molecule has 0 saturated carbocycles. The Morgan fingerprint density at radius 2 is 1.77 bits per heavy atom. The molecule has 5 nitrogen and oxygen atoms in total. The third-order valence-corrected chi connectivity index (χ3v) is 7.63. The van der Waals surface area contributed by atoms with E-state index in [1.54, 1.807) is 6.20 Å². The number of rotatable bonds is 2. The Morgan fingerprint density at radius 1 is 0.935 bits per heavy atom. The summed E-state index contributed by atoms with van der Waals surface area (Å²) < 4.78 is 3.19. The lowest BCUT2D eigenvalue weighted by Crippen LogP contribution is -2.37. The number of thioether (sulfide) groups is 1. The fourth-order valence-electron chi connectivity index (χ4n) is 4.63.